The zero-order valence-electron chi connectivity index (χ0n) is 9.38. The number of hydroxylamine groups is 1. The number of rotatable bonds is 4. The smallest absolute Gasteiger partial charge is 0.339 e. The van der Waals surface area contributed by atoms with Gasteiger partial charge in [0.2, 0.25) is 0 Å². The molecule has 0 saturated carbocycles. The third-order valence-corrected chi connectivity index (χ3v) is 2.37. The number of fused-ring (bicyclic) bond motifs is 1. The van der Waals surface area contributed by atoms with Gasteiger partial charge in [-0.3, -0.25) is 4.84 Å². The Morgan fingerprint density at radius 1 is 1.44 bits per heavy atom. The molecule has 1 aromatic carbocycles. The highest BCUT2D eigenvalue weighted by atomic mass is 16.7. The number of amides is 2. The van der Waals surface area contributed by atoms with Crippen molar-refractivity contribution in [1.82, 2.24) is 10.8 Å². The molecule has 1 aliphatic rings. The van der Waals surface area contributed by atoms with Gasteiger partial charge in [0.05, 0.1) is 6.04 Å². The standard InChI is InChI=1S/C11H12N2O5/c14-10(15)6-18-13-11(16)12-8-5-17-9-4-2-1-3-7(8)9/h1-4,8H,5-6H2,(H,14,15)(H2,12,13,16). The number of carbonyl (C=O) groups is 2. The lowest BCUT2D eigenvalue weighted by Gasteiger charge is -2.11. The molecule has 0 saturated heterocycles. The van der Waals surface area contributed by atoms with Crippen LogP contribution in [0.1, 0.15) is 11.6 Å². The molecule has 18 heavy (non-hydrogen) atoms. The number of benzene rings is 1. The van der Waals surface area contributed by atoms with Gasteiger partial charge in [0.15, 0.2) is 6.61 Å². The molecule has 0 aromatic heterocycles. The first-order chi connectivity index (χ1) is 8.66. The Morgan fingerprint density at radius 2 is 2.22 bits per heavy atom. The van der Waals surface area contributed by atoms with Crippen LogP contribution in [0.25, 0.3) is 0 Å². The minimum Gasteiger partial charge on any atom is -0.491 e. The van der Waals surface area contributed by atoms with Gasteiger partial charge in [-0.15, -0.1) is 0 Å². The third kappa shape index (κ3) is 2.89. The van der Waals surface area contributed by atoms with Crippen LogP contribution in [0, 0.1) is 0 Å². The van der Waals surface area contributed by atoms with Crippen LogP contribution >= 0.6 is 0 Å². The van der Waals surface area contributed by atoms with Crippen LogP contribution in [0.3, 0.4) is 0 Å². The van der Waals surface area contributed by atoms with Crippen molar-refractivity contribution in [1.29, 1.82) is 0 Å². The van der Waals surface area contributed by atoms with E-state index in [9.17, 15) is 9.59 Å². The summed E-state index contributed by atoms with van der Waals surface area (Å²) in [6.07, 6.45) is 0. The van der Waals surface area contributed by atoms with E-state index in [0.717, 1.165) is 11.3 Å². The van der Waals surface area contributed by atoms with Crippen molar-refractivity contribution >= 4 is 12.0 Å². The van der Waals surface area contributed by atoms with Crippen LogP contribution < -0.4 is 15.5 Å². The molecule has 0 bridgehead atoms. The third-order valence-electron chi connectivity index (χ3n) is 2.37. The average Bonchev–Trinajstić information content (AvgIpc) is 2.72. The van der Waals surface area contributed by atoms with Gasteiger partial charge in [-0.25, -0.2) is 15.1 Å². The topological polar surface area (TPSA) is 96.9 Å². The maximum Gasteiger partial charge on any atom is 0.339 e. The number of ether oxygens (including phenoxy) is 1. The highest BCUT2D eigenvalue weighted by Gasteiger charge is 2.24. The van der Waals surface area contributed by atoms with Gasteiger partial charge in [-0.05, 0) is 6.07 Å². The Kier molecular flexibility index (Phi) is 3.63. The number of carboxylic acids is 1. The first kappa shape index (κ1) is 12.2. The van der Waals surface area contributed by atoms with E-state index in [1.807, 2.05) is 29.7 Å². The van der Waals surface area contributed by atoms with Crippen molar-refractivity contribution in [3.8, 4) is 5.75 Å². The van der Waals surface area contributed by atoms with Crippen molar-refractivity contribution in [2.75, 3.05) is 13.2 Å². The molecule has 0 radical (unpaired) electrons. The molecule has 1 aromatic rings. The van der Waals surface area contributed by atoms with Crippen LogP contribution in [-0.2, 0) is 9.63 Å². The van der Waals surface area contributed by atoms with E-state index in [2.05, 4.69) is 10.2 Å². The summed E-state index contributed by atoms with van der Waals surface area (Å²) < 4.78 is 5.38. The van der Waals surface area contributed by atoms with Gasteiger partial charge in [0, 0.05) is 5.56 Å². The molecule has 7 nitrogen and oxygen atoms in total. The molecule has 0 fully saturated rings. The minimum atomic E-state index is -1.16. The van der Waals surface area contributed by atoms with Crippen molar-refractivity contribution in [3.63, 3.8) is 0 Å². The van der Waals surface area contributed by atoms with Crippen molar-refractivity contribution in [2.45, 2.75) is 6.04 Å². The first-order valence-electron chi connectivity index (χ1n) is 5.28. The summed E-state index contributed by atoms with van der Waals surface area (Å²) in [7, 11) is 0. The summed E-state index contributed by atoms with van der Waals surface area (Å²) in [5.41, 5.74) is 2.87. The number of carbonyl (C=O) groups excluding carboxylic acids is 1. The number of aliphatic carboxylic acids is 1. The number of nitrogens with one attached hydrogen (secondary N) is 2. The predicted molar refractivity (Wildman–Crippen MR) is 59.9 cm³/mol. The molecule has 2 amide bonds. The largest absolute Gasteiger partial charge is 0.491 e. The van der Waals surface area contributed by atoms with E-state index >= 15 is 0 Å². The van der Waals surface area contributed by atoms with Gasteiger partial charge in [0.1, 0.15) is 12.4 Å². The summed E-state index contributed by atoms with van der Waals surface area (Å²) in [6.45, 7) is -0.253. The molecule has 1 heterocycles. The fourth-order valence-electron chi connectivity index (χ4n) is 1.63. The molecule has 1 atom stereocenters. The van der Waals surface area contributed by atoms with E-state index in [0.29, 0.717) is 6.61 Å². The zero-order chi connectivity index (χ0) is 13.0. The van der Waals surface area contributed by atoms with Crippen molar-refractivity contribution in [2.24, 2.45) is 0 Å². The molecular weight excluding hydrogens is 240 g/mol. The summed E-state index contributed by atoms with van der Waals surface area (Å²) in [5, 5.41) is 10.9. The van der Waals surface area contributed by atoms with Gasteiger partial charge >= 0.3 is 12.0 Å². The van der Waals surface area contributed by atoms with Gasteiger partial charge in [-0.1, -0.05) is 18.2 Å². The summed E-state index contributed by atoms with van der Waals surface area (Å²) in [4.78, 5) is 26.0. The minimum absolute atomic E-state index is 0.269. The maximum absolute atomic E-state index is 11.4. The molecule has 7 heteroatoms. The Bertz CT molecular complexity index is 463. The number of urea groups is 1. The highest BCUT2D eigenvalue weighted by Crippen LogP contribution is 2.31. The van der Waals surface area contributed by atoms with Crippen molar-refractivity contribution in [3.05, 3.63) is 29.8 Å². The second kappa shape index (κ2) is 5.37. The molecule has 1 aliphatic heterocycles. The fraction of sp³-hybridized carbons (Fsp3) is 0.273. The van der Waals surface area contributed by atoms with Crippen molar-refractivity contribution < 1.29 is 24.3 Å². The van der Waals surface area contributed by atoms with Crippen LogP contribution in [0.15, 0.2) is 24.3 Å². The van der Waals surface area contributed by atoms with Gasteiger partial charge < -0.3 is 15.2 Å². The number of carboxylic acid groups (broad SMARTS) is 1. The SMILES string of the molecule is O=C(O)CONC(=O)NC1COc2ccccc21. The monoisotopic (exact) mass is 252 g/mol. The van der Waals surface area contributed by atoms with Crippen LogP contribution in [0.2, 0.25) is 0 Å². The van der Waals surface area contributed by atoms with E-state index in [1.54, 1.807) is 0 Å². The Balaban J connectivity index is 1.84. The normalized spacial score (nSPS) is 16.6. The van der Waals surface area contributed by atoms with E-state index < -0.39 is 18.6 Å². The summed E-state index contributed by atoms with van der Waals surface area (Å²) >= 11 is 0. The lowest BCUT2D eigenvalue weighted by molar-refractivity contribution is -0.144. The summed E-state index contributed by atoms with van der Waals surface area (Å²) in [6, 6.07) is 6.48. The van der Waals surface area contributed by atoms with Crippen LogP contribution in [-0.4, -0.2) is 30.3 Å². The van der Waals surface area contributed by atoms with Gasteiger partial charge in [-0.2, -0.15) is 0 Å². The molecular formula is C11H12N2O5. The molecule has 1 unspecified atom stereocenters. The Hall–Kier alpha value is -2.28. The van der Waals surface area contributed by atoms with E-state index in [-0.39, 0.29) is 6.04 Å². The predicted octanol–water partition coefficient (Wildman–Crippen LogP) is 0.435. The Labute approximate surface area is 103 Å². The number of para-hydroxylation sites is 1. The highest BCUT2D eigenvalue weighted by molar-refractivity contribution is 5.74. The number of hydrogen-bond donors (Lipinski definition) is 3. The average molecular weight is 252 g/mol. The summed E-state index contributed by atoms with van der Waals surface area (Å²) in [5.74, 6) is -0.431. The molecule has 96 valence electrons. The molecule has 0 spiro atoms. The second-order valence-electron chi connectivity index (χ2n) is 3.66. The second-order valence-corrected chi connectivity index (χ2v) is 3.66. The van der Waals surface area contributed by atoms with Gasteiger partial charge in [0.25, 0.3) is 0 Å². The quantitative estimate of drug-likeness (QED) is 0.675. The number of hydrogen-bond acceptors (Lipinski definition) is 4. The maximum atomic E-state index is 11.4. The first-order valence-corrected chi connectivity index (χ1v) is 5.28. The van der Waals surface area contributed by atoms with Crippen LogP contribution in [0.4, 0.5) is 4.79 Å². The van der Waals surface area contributed by atoms with Crippen LogP contribution in [0.5, 0.6) is 5.75 Å². The molecule has 2 rings (SSSR count). The lowest BCUT2D eigenvalue weighted by Crippen LogP contribution is -2.39. The van der Waals surface area contributed by atoms with E-state index in [4.69, 9.17) is 9.84 Å². The lowest BCUT2D eigenvalue weighted by atomic mass is 10.1. The van der Waals surface area contributed by atoms with E-state index in [1.165, 1.54) is 0 Å². The fourth-order valence-corrected chi connectivity index (χ4v) is 1.63. The Morgan fingerprint density at radius 3 is 3.00 bits per heavy atom. The zero-order valence-corrected chi connectivity index (χ0v) is 9.38. The molecule has 3 N–H and O–H groups in total. The molecule has 0 aliphatic carbocycles.